The molecule has 0 bridgehead atoms. The maximum atomic E-state index is 13.3. The summed E-state index contributed by atoms with van der Waals surface area (Å²) in [6, 6.07) is 8.64. The van der Waals surface area contributed by atoms with Gasteiger partial charge in [-0.2, -0.15) is 0 Å². The lowest BCUT2D eigenvalue weighted by molar-refractivity contribution is 0.0772. The Kier molecular flexibility index (Phi) is 5.23. The number of carbonyl (C=O) groups is 1. The summed E-state index contributed by atoms with van der Waals surface area (Å²) in [6.07, 6.45) is 3.92. The van der Waals surface area contributed by atoms with Gasteiger partial charge in [-0.15, -0.1) is 5.10 Å². The highest BCUT2D eigenvalue weighted by Gasteiger charge is 2.43. The number of rotatable bonds is 4. The van der Waals surface area contributed by atoms with Crippen molar-refractivity contribution in [1.82, 2.24) is 19.9 Å². The van der Waals surface area contributed by atoms with Gasteiger partial charge >= 0.3 is 0 Å². The lowest BCUT2D eigenvalue weighted by Crippen LogP contribution is -2.34. The minimum atomic E-state index is 0.00705. The van der Waals surface area contributed by atoms with Gasteiger partial charge in [-0.1, -0.05) is 51.5 Å². The topological polar surface area (TPSA) is 77.0 Å². The lowest BCUT2D eigenvalue weighted by atomic mass is 9.87. The summed E-state index contributed by atoms with van der Waals surface area (Å²) < 4.78 is 1.84. The number of likely N-dealkylation sites (tertiary alicyclic amines) is 1. The number of aromatic nitrogens is 3. The van der Waals surface area contributed by atoms with E-state index in [0.29, 0.717) is 17.5 Å². The van der Waals surface area contributed by atoms with Crippen molar-refractivity contribution in [2.45, 2.75) is 64.8 Å². The number of benzene rings is 1. The van der Waals surface area contributed by atoms with Gasteiger partial charge in [-0.3, -0.25) is 4.79 Å². The normalized spacial score (nSPS) is 24.2. The highest BCUT2D eigenvalue weighted by atomic mass is 16.2. The summed E-state index contributed by atoms with van der Waals surface area (Å²) in [5.41, 5.74) is 9.98. The molecule has 2 aromatic rings. The van der Waals surface area contributed by atoms with Crippen LogP contribution < -0.4 is 5.73 Å². The molecule has 0 spiro atoms. The standard InChI is InChI=1S/C23H33N5O/c1-5-6-20-21(22(29)27-13-15-7-12-19(24)18(15)14-27)25-26-28(20)17-10-8-16(9-11-17)23(2,3)4/h8-11,15,18-19H,5-7,12-14,24H2,1-4H3. The molecule has 1 saturated carbocycles. The molecule has 29 heavy (non-hydrogen) atoms. The van der Waals surface area contributed by atoms with Gasteiger partial charge in [0.15, 0.2) is 5.69 Å². The Balaban J connectivity index is 1.61. The Morgan fingerprint density at radius 3 is 2.52 bits per heavy atom. The molecule has 2 N–H and O–H groups in total. The molecule has 2 aliphatic rings. The molecule has 1 aliphatic heterocycles. The van der Waals surface area contributed by atoms with E-state index in [1.807, 2.05) is 9.58 Å². The summed E-state index contributed by atoms with van der Waals surface area (Å²) in [5.74, 6) is 0.990. The van der Waals surface area contributed by atoms with E-state index in [1.165, 1.54) is 5.56 Å². The molecule has 1 amide bonds. The van der Waals surface area contributed by atoms with Crippen molar-refractivity contribution in [1.29, 1.82) is 0 Å². The molecule has 1 saturated heterocycles. The Morgan fingerprint density at radius 1 is 1.17 bits per heavy atom. The quantitative estimate of drug-likeness (QED) is 0.861. The number of fused-ring (bicyclic) bond motifs is 1. The first-order chi connectivity index (χ1) is 13.8. The lowest BCUT2D eigenvalue weighted by Gasteiger charge is -2.19. The Labute approximate surface area is 173 Å². The van der Waals surface area contributed by atoms with Crippen LogP contribution in [0.4, 0.5) is 0 Å². The summed E-state index contributed by atoms with van der Waals surface area (Å²) >= 11 is 0. The molecule has 1 aromatic heterocycles. The second kappa shape index (κ2) is 7.56. The van der Waals surface area contributed by atoms with Crippen molar-refractivity contribution in [3.8, 4) is 5.69 Å². The average Bonchev–Trinajstić information content (AvgIpc) is 3.37. The molecule has 156 valence electrons. The Hall–Kier alpha value is -2.21. The molecule has 6 heteroatoms. The number of nitrogens with two attached hydrogens (primary N) is 1. The van der Waals surface area contributed by atoms with Gasteiger partial charge in [-0.05, 0) is 54.2 Å². The first kappa shape index (κ1) is 20.1. The number of hydrogen-bond acceptors (Lipinski definition) is 4. The maximum absolute atomic E-state index is 13.3. The Morgan fingerprint density at radius 2 is 1.90 bits per heavy atom. The molecule has 6 nitrogen and oxygen atoms in total. The number of hydrogen-bond donors (Lipinski definition) is 1. The predicted octanol–water partition coefficient (Wildman–Crippen LogP) is 3.33. The smallest absolute Gasteiger partial charge is 0.276 e. The van der Waals surface area contributed by atoms with Crippen molar-refractivity contribution in [3.05, 3.63) is 41.2 Å². The van der Waals surface area contributed by atoms with Gasteiger partial charge in [0.1, 0.15) is 0 Å². The van der Waals surface area contributed by atoms with Crippen LogP contribution in [0.2, 0.25) is 0 Å². The molecular formula is C23H33N5O. The molecule has 0 radical (unpaired) electrons. The minimum Gasteiger partial charge on any atom is -0.337 e. The van der Waals surface area contributed by atoms with E-state index in [2.05, 4.69) is 62.3 Å². The van der Waals surface area contributed by atoms with E-state index in [9.17, 15) is 4.79 Å². The third-order valence-corrected chi connectivity index (χ3v) is 6.63. The van der Waals surface area contributed by atoms with E-state index in [-0.39, 0.29) is 17.4 Å². The molecule has 2 fully saturated rings. The van der Waals surface area contributed by atoms with Crippen LogP contribution in [0.3, 0.4) is 0 Å². The van der Waals surface area contributed by atoms with E-state index < -0.39 is 0 Å². The number of carbonyl (C=O) groups excluding carboxylic acids is 1. The monoisotopic (exact) mass is 395 g/mol. The van der Waals surface area contributed by atoms with Gasteiger partial charge in [0, 0.05) is 19.1 Å². The average molecular weight is 396 g/mol. The van der Waals surface area contributed by atoms with Crippen LogP contribution in [0.1, 0.15) is 68.7 Å². The SMILES string of the molecule is CCCc1c(C(=O)N2CC3CCC(N)C3C2)nnn1-c1ccc(C(C)(C)C)cc1. The van der Waals surface area contributed by atoms with Crippen molar-refractivity contribution in [2.75, 3.05) is 13.1 Å². The van der Waals surface area contributed by atoms with Crippen molar-refractivity contribution >= 4 is 5.91 Å². The fourth-order valence-corrected chi connectivity index (χ4v) is 4.86. The summed E-state index contributed by atoms with van der Waals surface area (Å²) in [4.78, 5) is 15.2. The maximum Gasteiger partial charge on any atom is 0.276 e. The summed E-state index contributed by atoms with van der Waals surface area (Å²) in [6.45, 7) is 10.3. The molecule has 1 aliphatic carbocycles. The van der Waals surface area contributed by atoms with E-state index in [1.54, 1.807) is 0 Å². The third kappa shape index (κ3) is 3.70. The molecule has 2 heterocycles. The van der Waals surface area contributed by atoms with Gasteiger partial charge in [0.05, 0.1) is 11.4 Å². The van der Waals surface area contributed by atoms with Crippen LogP contribution in [0, 0.1) is 11.8 Å². The van der Waals surface area contributed by atoms with Gasteiger partial charge in [0.25, 0.3) is 5.91 Å². The van der Waals surface area contributed by atoms with Crippen molar-refractivity contribution in [3.63, 3.8) is 0 Å². The van der Waals surface area contributed by atoms with Crippen LogP contribution in [0.5, 0.6) is 0 Å². The summed E-state index contributed by atoms with van der Waals surface area (Å²) in [7, 11) is 0. The second-order valence-electron chi connectivity index (χ2n) is 9.72. The highest BCUT2D eigenvalue weighted by Crippen LogP contribution is 2.37. The molecule has 3 unspecified atom stereocenters. The number of amides is 1. The van der Waals surface area contributed by atoms with E-state index >= 15 is 0 Å². The molecule has 1 aromatic carbocycles. The van der Waals surface area contributed by atoms with Gasteiger partial charge in [-0.25, -0.2) is 4.68 Å². The fourth-order valence-electron chi connectivity index (χ4n) is 4.86. The van der Waals surface area contributed by atoms with E-state index in [0.717, 1.165) is 50.2 Å². The summed E-state index contributed by atoms with van der Waals surface area (Å²) in [5, 5.41) is 8.70. The zero-order chi connectivity index (χ0) is 20.8. The minimum absolute atomic E-state index is 0.00705. The molecule has 4 rings (SSSR count). The van der Waals surface area contributed by atoms with Crippen molar-refractivity contribution < 1.29 is 4.79 Å². The fraction of sp³-hybridized carbons (Fsp3) is 0.609. The van der Waals surface area contributed by atoms with Crippen LogP contribution in [0.15, 0.2) is 24.3 Å². The third-order valence-electron chi connectivity index (χ3n) is 6.63. The zero-order valence-electron chi connectivity index (χ0n) is 18.1. The predicted molar refractivity (Wildman–Crippen MR) is 114 cm³/mol. The van der Waals surface area contributed by atoms with Crippen LogP contribution in [-0.4, -0.2) is 44.9 Å². The first-order valence-electron chi connectivity index (χ1n) is 10.9. The highest BCUT2D eigenvalue weighted by molar-refractivity contribution is 5.93. The first-order valence-corrected chi connectivity index (χ1v) is 10.9. The second-order valence-corrected chi connectivity index (χ2v) is 9.72. The van der Waals surface area contributed by atoms with Crippen molar-refractivity contribution in [2.24, 2.45) is 17.6 Å². The number of nitrogens with zero attached hydrogens (tertiary/aromatic N) is 4. The van der Waals surface area contributed by atoms with Crippen LogP contribution in [-0.2, 0) is 11.8 Å². The van der Waals surface area contributed by atoms with Crippen LogP contribution >= 0.6 is 0 Å². The van der Waals surface area contributed by atoms with Gasteiger partial charge in [0.2, 0.25) is 0 Å². The van der Waals surface area contributed by atoms with Crippen LogP contribution in [0.25, 0.3) is 5.69 Å². The van der Waals surface area contributed by atoms with Gasteiger partial charge < -0.3 is 10.6 Å². The zero-order valence-corrected chi connectivity index (χ0v) is 18.1. The molecule has 3 atom stereocenters. The molecular weight excluding hydrogens is 362 g/mol. The largest absolute Gasteiger partial charge is 0.337 e. The van der Waals surface area contributed by atoms with E-state index in [4.69, 9.17) is 5.73 Å². The Bertz CT molecular complexity index is 880.